The van der Waals surface area contributed by atoms with Gasteiger partial charge in [0.1, 0.15) is 0 Å². The third-order valence-electron chi connectivity index (χ3n) is 4.20. The number of benzene rings is 2. The minimum absolute atomic E-state index is 0.0209. The topological polar surface area (TPSA) is 101 Å². The molecular formula is C21H19NO5S3. The van der Waals surface area contributed by atoms with Crippen LogP contribution in [-0.4, -0.2) is 36.9 Å². The quantitative estimate of drug-likeness (QED) is 0.462. The zero-order valence-corrected chi connectivity index (χ0v) is 18.2. The monoisotopic (exact) mass is 461 g/mol. The fraction of sp³-hybridized carbons (Fsp3) is 0.143. The summed E-state index contributed by atoms with van der Waals surface area (Å²) in [6.07, 6.45) is 0. The van der Waals surface area contributed by atoms with Crippen molar-refractivity contribution in [1.29, 1.82) is 0 Å². The van der Waals surface area contributed by atoms with Gasteiger partial charge in [-0.1, -0.05) is 24.3 Å². The van der Waals surface area contributed by atoms with Crippen LogP contribution in [0.1, 0.15) is 10.4 Å². The molecule has 1 aromatic heterocycles. The first-order valence-corrected chi connectivity index (χ1v) is 12.5. The van der Waals surface area contributed by atoms with E-state index in [0.29, 0.717) is 11.3 Å². The van der Waals surface area contributed by atoms with Gasteiger partial charge in [-0.3, -0.25) is 9.59 Å². The lowest BCUT2D eigenvalue weighted by Crippen LogP contribution is -2.26. The lowest BCUT2D eigenvalue weighted by atomic mass is 10.2. The third-order valence-corrected chi connectivity index (χ3v) is 8.32. The van der Waals surface area contributed by atoms with E-state index in [1.165, 1.54) is 47.4 Å². The van der Waals surface area contributed by atoms with Gasteiger partial charge >= 0.3 is 5.97 Å². The van der Waals surface area contributed by atoms with E-state index in [-0.39, 0.29) is 16.6 Å². The molecule has 6 nitrogen and oxygen atoms in total. The number of amides is 1. The lowest BCUT2D eigenvalue weighted by Gasteiger charge is -2.13. The van der Waals surface area contributed by atoms with Crippen LogP contribution in [0.5, 0.6) is 0 Å². The van der Waals surface area contributed by atoms with Crippen molar-refractivity contribution in [1.82, 2.24) is 0 Å². The first-order chi connectivity index (χ1) is 14.3. The van der Waals surface area contributed by atoms with Crippen molar-refractivity contribution in [3.8, 4) is 0 Å². The number of hydrogen-bond acceptors (Lipinski definition) is 6. The van der Waals surface area contributed by atoms with Crippen LogP contribution in [0.25, 0.3) is 0 Å². The second-order valence-corrected chi connectivity index (χ2v) is 10.7. The van der Waals surface area contributed by atoms with Gasteiger partial charge in [-0.25, -0.2) is 8.42 Å². The van der Waals surface area contributed by atoms with E-state index >= 15 is 0 Å². The Kier molecular flexibility index (Phi) is 7.30. The Bertz CT molecular complexity index is 1100. The first-order valence-electron chi connectivity index (χ1n) is 8.93. The van der Waals surface area contributed by atoms with Crippen LogP contribution < -0.4 is 5.32 Å². The Morgan fingerprint density at radius 1 is 1.00 bits per heavy atom. The summed E-state index contributed by atoms with van der Waals surface area (Å²) in [6.45, 7) is 0. The van der Waals surface area contributed by atoms with Gasteiger partial charge in [0, 0.05) is 17.0 Å². The van der Waals surface area contributed by atoms with Crippen LogP contribution in [0.15, 0.2) is 81.2 Å². The highest BCUT2D eigenvalue weighted by Gasteiger charge is 2.27. The molecule has 0 aliphatic heterocycles. The molecule has 3 aromatic rings. The number of carboxylic acid groups (broad SMARTS) is 1. The van der Waals surface area contributed by atoms with Crippen molar-refractivity contribution in [2.24, 2.45) is 5.92 Å². The van der Waals surface area contributed by atoms with Gasteiger partial charge < -0.3 is 10.4 Å². The maximum absolute atomic E-state index is 12.7. The van der Waals surface area contributed by atoms with Crippen molar-refractivity contribution in [2.75, 3.05) is 16.8 Å². The van der Waals surface area contributed by atoms with Crippen molar-refractivity contribution in [2.45, 2.75) is 9.10 Å². The SMILES string of the molecule is O=C(Nc1ccc(S(=O)(=O)CC(CSc2cccs2)C(=O)O)cc1)c1ccccc1. The molecule has 156 valence electrons. The first kappa shape index (κ1) is 22.1. The summed E-state index contributed by atoms with van der Waals surface area (Å²) in [6, 6.07) is 18.1. The number of carbonyl (C=O) groups is 2. The van der Waals surface area contributed by atoms with Crippen LogP contribution in [0.2, 0.25) is 0 Å². The highest BCUT2D eigenvalue weighted by molar-refractivity contribution is 8.01. The summed E-state index contributed by atoms with van der Waals surface area (Å²) in [5, 5.41) is 14.0. The Labute approximate surface area is 182 Å². The van der Waals surface area contributed by atoms with Crippen LogP contribution in [0, 0.1) is 5.92 Å². The number of carboxylic acids is 1. The molecule has 0 bridgehead atoms. The van der Waals surface area contributed by atoms with Crippen molar-refractivity contribution in [3.05, 3.63) is 77.7 Å². The summed E-state index contributed by atoms with van der Waals surface area (Å²) < 4.78 is 26.4. The van der Waals surface area contributed by atoms with E-state index in [9.17, 15) is 23.1 Å². The number of rotatable bonds is 9. The zero-order valence-electron chi connectivity index (χ0n) is 15.7. The third kappa shape index (κ3) is 5.94. The fourth-order valence-electron chi connectivity index (χ4n) is 2.62. The van der Waals surface area contributed by atoms with Gasteiger partial charge in [0.25, 0.3) is 5.91 Å². The molecule has 1 amide bonds. The molecule has 1 heterocycles. The Morgan fingerprint density at radius 2 is 1.70 bits per heavy atom. The zero-order chi connectivity index (χ0) is 21.6. The van der Waals surface area contributed by atoms with Crippen molar-refractivity contribution < 1.29 is 23.1 Å². The van der Waals surface area contributed by atoms with Gasteiger partial charge in [-0.15, -0.1) is 23.1 Å². The lowest BCUT2D eigenvalue weighted by molar-refractivity contribution is -0.140. The largest absolute Gasteiger partial charge is 0.481 e. The second-order valence-electron chi connectivity index (χ2n) is 6.40. The summed E-state index contributed by atoms with van der Waals surface area (Å²) in [7, 11) is -3.80. The predicted octanol–water partition coefficient (Wildman–Crippen LogP) is 4.27. The number of anilines is 1. The van der Waals surface area contributed by atoms with Gasteiger partial charge in [0.05, 0.1) is 20.8 Å². The van der Waals surface area contributed by atoms with Gasteiger partial charge in [-0.2, -0.15) is 0 Å². The van der Waals surface area contributed by atoms with E-state index in [0.717, 1.165) is 4.21 Å². The molecule has 1 unspecified atom stereocenters. The average molecular weight is 462 g/mol. The Hall–Kier alpha value is -2.62. The highest BCUT2D eigenvalue weighted by atomic mass is 32.2. The van der Waals surface area contributed by atoms with Crippen LogP contribution >= 0.6 is 23.1 Å². The normalized spacial score (nSPS) is 12.3. The molecule has 30 heavy (non-hydrogen) atoms. The molecule has 0 fully saturated rings. The smallest absolute Gasteiger partial charge is 0.308 e. The summed E-state index contributed by atoms with van der Waals surface area (Å²) in [5.41, 5.74) is 0.938. The van der Waals surface area contributed by atoms with Crippen LogP contribution in [0.3, 0.4) is 0 Å². The molecule has 0 saturated heterocycles. The van der Waals surface area contributed by atoms with Crippen LogP contribution in [-0.2, 0) is 14.6 Å². The molecule has 0 saturated carbocycles. The number of thiophene rings is 1. The van der Waals surface area contributed by atoms with Gasteiger partial charge in [0.15, 0.2) is 9.84 Å². The Balaban J connectivity index is 1.66. The van der Waals surface area contributed by atoms with E-state index in [4.69, 9.17) is 0 Å². The van der Waals surface area contributed by atoms with E-state index in [1.54, 1.807) is 30.3 Å². The minimum atomic E-state index is -3.80. The number of hydrogen-bond donors (Lipinski definition) is 2. The molecule has 9 heteroatoms. The fourth-order valence-corrected chi connectivity index (χ4v) is 6.19. The highest BCUT2D eigenvalue weighted by Crippen LogP contribution is 2.27. The number of sulfone groups is 1. The summed E-state index contributed by atoms with van der Waals surface area (Å²) >= 11 is 2.81. The standard InChI is InChI=1S/C21H19NO5S3/c23-20(15-5-2-1-3-6-15)22-17-8-10-18(11-9-17)30(26,27)14-16(21(24)25)13-29-19-7-4-12-28-19/h1-12,16H,13-14H2,(H,22,23)(H,24,25). The molecule has 0 spiro atoms. The van der Waals surface area contributed by atoms with Gasteiger partial charge in [-0.05, 0) is 47.8 Å². The maximum atomic E-state index is 12.7. The number of aliphatic carboxylic acids is 1. The molecule has 2 aromatic carbocycles. The molecule has 1 atom stereocenters. The van der Waals surface area contributed by atoms with Crippen molar-refractivity contribution >= 4 is 50.5 Å². The summed E-state index contributed by atoms with van der Waals surface area (Å²) in [5.74, 6) is -2.80. The Morgan fingerprint density at radius 3 is 2.30 bits per heavy atom. The molecule has 0 radical (unpaired) electrons. The van der Waals surface area contributed by atoms with E-state index in [1.807, 2.05) is 17.5 Å². The molecular weight excluding hydrogens is 442 g/mol. The molecule has 2 N–H and O–H groups in total. The predicted molar refractivity (Wildman–Crippen MR) is 119 cm³/mol. The van der Waals surface area contributed by atoms with Crippen LogP contribution in [0.4, 0.5) is 5.69 Å². The number of thioether (sulfide) groups is 1. The molecule has 0 aliphatic rings. The summed E-state index contributed by atoms with van der Waals surface area (Å²) in [4.78, 5) is 23.8. The van der Waals surface area contributed by atoms with E-state index in [2.05, 4.69) is 5.32 Å². The van der Waals surface area contributed by atoms with E-state index < -0.39 is 27.5 Å². The number of nitrogens with one attached hydrogen (secondary N) is 1. The second kappa shape index (κ2) is 9.92. The molecule has 3 rings (SSSR count). The maximum Gasteiger partial charge on any atom is 0.308 e. The minimum Gasteiger partial charge on any atom is -0.481 e. The van der Waals surface area contributed by atoms with Crippen molar-refractivity contribution in [3.63, 3.8) is 0 Å². The number of carbonyl (C=O) groups excluding carboxylic acids is 1. The molecule has 0 aliphatic carbocycles. The average Bonchev–Trinajstić information content (AvgIpc) is 3.25. The van der Waals surface area contributed by atoms with Gasteiger partial charge in [0.2, 0.25) is 0 Å².